The van der Waals surface area contributed by atoms with Crippen molar-refractivity contribution >= 4 is 16.9 Å². The third-order valence-electron chi connectivity index (χ3n) is 5.30. The fourth-order valence-corrected chi connectivity index (χ4v) is 3.92. The van der Waals surface area contributed by atoms with Crippen molar-refractivity contribution < 1.29 is 14.3 Å². The number of fused-ring (bicyclic) bond motifs is 4. The van der Waals surface area contributed by atoms with Gasteiger partial charge in [-0.05, 0) is 37.6 Å². The van der Waals surface area contributed by atoms with Gasteiger partial charge in [-0.1, -0.05) is 13.0 Å². The summed E-state index contributed by atoms with van der Waals surface area (Å²) in [5, 5.41) is 0.924. The minimum absolute atomic E-state index is 0.0767. The van der Waals surface area contributed by atoms with Gasteiger partial charge in [0.25, 0.3) is 5.56 Å². The van der Waals surface area contributed by atoms with Crippen LogP contribution >= 0.6 is 0 Å². The Bertz CT molecular complexity index is 1160. The van der Waals surface area contributed by atoms with Gasteiger partial charge in [0.2, 0.25) is 0 Å². The third kappa shape index (κ3) is 2.76. The maximum Gasteiger partial charge on any atom is 0.303 e. The van der Waals surface area contributed by atoms with Crippen molar-refractivity contribution in [3.63, 3.8) is 0 Å². The molecule has 2 aromatic heterocycles. The van der Waals surface area contributed by atoms with E-state index in [1.807, 2.05) is 37.3 Å². The summed E-state index contributed by atoms with van der Waals surface area (Å²) in [4.78, 5) is 29.4. The van der Waals surface area contributed by atoms with Gasteiger partial charge in [-0.25, -0.2) is 4.98 Å². The van der Waals surface area contributed by atoms with Crippen LogP contribution in [0.2, 0.25) is 0 Å². The molecule has 1 aliphatic rings. The Kier molecular flexibility index (Phi) is 4.41. The van der Waals surface area contributed by atoms with Crippen LogP contribution in [0.5, 0.6) is 5.75 Å². The van der Waals surface area contributed by atoms with Crippen LogP contribution in [-0.2, 0) is 16.1 Å². The summed E-state index contributed by atoms with van der Waals surface area (Å²) in [5.74, 6) is 0.400. The molecule has 0 saturated carbocycles. The molecule has 3 heterocycles. The Morgan fingerprint density at radius 2 is 2.11 bits per heavy atom. The number of rotatable bonds is 4. The summed E-state index contributed by atoms with van der Waals surface area (Å²) < 4.78 is 12.6. The van der Waals surface area contributed by atoms with Crippen LogP contribution < -0.4 is 10.3 Å². The highest BCUT2D eigenvalue weighted by Crippen LogP contribution is 2.36. The number of methoxy groups -OCH3 is 1. The minimum atomic E-state index is -0.444. The molecule has 0 fully saturated rings. The molecule has 28 heavy (non-hydrogen) atoms. The molecule has 6 heteroatoms. The number of carbonyl (C=O) groups is 1. The maximum atomic E-state index is 13.0. The molecule has 0 spiro atoms. The van der Waals surface area contributed by atoms with Crippen molar-refractivity contribution in [2.24, 2.45) is 0 Å². The van der Waals surface area contributed by atoms with E-state index in [9.17, 15) is 9.59 Å². The zero-order valence-corrected chi connectivity index (χ0v) is 16.4. The number of aromatic nitrogens is 2. The largest absolute Gasteiger partial charge is 0.496 e. The molecular weight excluding hydrogens is 356 g/mol. The first kappa shape index (κ1) is 18.2. The lowest BCUT2D eigenvalue weighted by Gasteiger charge is -2.19. The molecule has 4 rings (SSSR count). The SMILES string of the molecule is CC[C@H](OC(C)=O)c1cc2n(c(=O)c1C)Cc1cc3c(OC)cccc3nc1-2. The maximum absolute atomic E-state index is 13.0. The van der Waals surface area contributed by atoms with Crippen molar-refractivity contribution in [3.8, 4) is 17.1 Å². The Morgan fingerprint density at radius 1 is 1.32 bits per heavy atom. The molecule has 0 bridgehead atoms. The van der Waals surface area contributed by atoms with E-state index in [0.29, 0.717) is 18.5 Å². The van der Waals surface area contributed by atoms with Gasteiger partial charge in [0.05, 0.1) is 30.6 Å². The van der Waals surface area contributed by atoms with Crippen molar-refractivity contribution in [2.45, 2.75) is 39.8 Å². The van der Waals surface area contributed by atoms with Gasteiger partial charge < -0.3 is 14.0 Å². The lowest BCUT2D eigenvalue weighted by atomic mass is 10.0. The van der Waals surface area contributed by atoms with Crippen LogP contribution in [0.15, 0.2) is 35.1 Å². The standard InChI is InChI=1S/C22H22N2O4/c1-5-19(28-13(3)25)15-10-18-21-14(11-24(18)22(26)12(15)2)9-16-17(23-21)7-6-8-20(16)27-4/h6-10,19H,5,11H2,1-4H3/t19-/m0/s1. The Labute approximate surface area is 162 Å². The molecule has 6 nitrogen and oxygen atoms in total. The summed E-state index contributed by atoms with van der Waals surface area (Å²) in [7, 11) is 1.64. The van der Waals surface area contributed by atoms with Crippen LogP contribution in [0.3, 0.4) is 0 Å². The van der Waals surface area contributed by atoms with Crippen molar-refractivity contribution in [1.29, 1.82) is 0 Å². The number of nitrogens with zero attached hydrogens (tertiary/aromatic N) is 2. The average Bonchev–Trinajstić information content (AvgIpc) is 3.04. The van der Waals surface area contributed by atoms with Crippen LogP contribution in [0.25, 0.3) is 22.3 Å². The zero-order valence-electron chi connectivity index (χ0n) is 16.4. The molecular formula is C22H22N2O4. The number of ether oxygens (including phenoxy) is 2. The lowest BCUT2D eigenvalue weighted by Crippen LogP contribution is -2.24. The highest BCUT2D eigenvalue weighted by atomic mass is 16.5. The second-order valence-electron chi connectivity index (χ2n) is 7.03. The van der Waals surface area contributed by atoms with Crippen molar-refractivity contribution in [1.82, 2.24) is 9.55 Å². The molecule has 1 atom stereocenters. The van der Waals surface area contributed by atoms with E-state index in [1.165, 1.54) is 6.92 Å². The van der Waals surface area contributed by atoms with Crippen LogP contribution in [0.1, 0.15) is 43.1 Å². The fourth-order valence-electron chi connectivity index (χ4n) is 3.92. The smallest absolute Gasteiger partial charge is 0.303 e. The molecule has 3 aromatic rings. The lowest BCUT2D eigenvalue weighted by molar-refractivity contribution is -0.146. The third-order valence-corrected chi connectivity index (χ3v) is 5.30. The summed E-state index contributed by atoms with van der Waals surface area (Å²) in [6.45, 7) is 5.57. The van der Waals surface area contributed by atoms with E-state index in [1.54, 1.807) is 18.6 Å². The van der Waals surface area contributed by atoms with E-state index in [4.69, 9.17) is 14.5 Å². The normalized spacial score (nSPS) is 13.1. The summed E-state index contributed by atoms with van der Waals surface area (Å²) >= 11 is 0. The van der Waals surface area contributed by atoms with Gasteiger partial charge in [0, 0.05) is 29.0 Å². The fraction of sp³-hybridized carbons (Fsp3) is 0.318. The number of carbonyl (C=O) groups excluding carboxylic acids is 1. The highest BCUT2D eigenvalue weighted by molar-refractivity contribution is 5.89. The number of hydrogen-bond donors (Lipinski definition) is 0. The van der Waals surface area contributed by atoms with Crippen LogP contribution in [-0.4, -0.2) is 22.6 Å². The summed E-state index contributed by atoms with van der Waals surface area (Å²) in [5.41, 5.74) is 4.61. The number of pyridine rings is 2. The first-order valence-electron chi connectivity index (χ1n) is 9.33. The van der Waals surface area contributed by atoms with Gasteiger partial charge in [-0.3, -0.25) is 9.59 Å². The van der Waals surface area contributed by atoms with E-state index >= 15 is 0 Å². The average molecular weight is 378 g/mol. The zero-order chi connectivity index (χ0) is 20.0. The van der Waals surface area contributed by atoms with E-state index in [-0.39, 0.29) is 11.5 Å². The van der Waals surface area contributed by atoms with Crippen molar-refractivity contribution in [3.05, 3.63) is 57.4 Å². The monoisotopic (exact) mass is 378 g/mol. The van der Waals surface area contributed by atoms with E-state index in [2.05, 4.69) is 0 Å². The van der Waals surface area contributed by atoms with Gasteiger partial charge in [0.15, 0.2) is 0 Å². The van der Waals surface area contributed by atoms with Crippen LogP contribution in [0.4, 0.5) is 0 Å². The molecule has 0 radical (unpaired) electrons. The Balaban J connectivity index is 1.93. The predicted molar refractivity (Wildman–Crippen MR) is 107 cm³/mol. The summed E-state index contributed by atoms with van der Waals surface area (Å²) in [6.07, 6.45) is 0.152. The quantitative estimate of drug-likeness (QED) is 0.506. The summed E-state index contributed by atoms with van der Waals surface area (Å²) in [6, 6.07) is 9.72. The number of benzene rings is 1. The van der Waals surface area contributed by atoms with Gasteiger partial charge in [-0.15, -0.1) is 0 Å². The second kappa shape index (κ2) is 6.78. The van der Waals surface area contributed by atoms with Crippen LogP contribution in [0, 0.1) is 6.92 Å². The van der Waals surface area contributed by atoms with E-state index in [0.717, 1.165) is 39.2 Å². The van der Waals surface area contributed by atoms with Gasteiger partial charge in [-0.2, -0.15) is 0 Å². The number of hydrogen-bond acceptors (Lipinski definition) is 5. The molecule has 0 N–H and O–H groups in total. The highest BCUT2D eigenvalue weighted by Gasteiger charge is 2.27. The second-order valence-corrected chi connectivity index (χ2v) is 7.03. The topological polar surface area (TPSA) is 70.4 Å². The first-order valence-corrected chi connectivity index (χ1v) is 9.33. The minimum Gasteiger partial charge on any atom is -0.496 e. The van der Waals surface area contributed by atoms with Crippen molar-refractivity contribution in [2.75, 3.05) is 7.11 Å². The molecule has 1 aliphatic heterocycles. The Hall–Kier alpha value is -3.15. The number of esters is 1. The van der Waals surface area contributed by atoms with E-state index < -0.39 is 6.10 Å². The first-order chi connectivity index (χ1) is 13.4. The molecule has 144 valence electrons. The molecule has 1 aromatic carbocycles. The molecule has 0 amide bonds. The van der Waals surface area contributed by atoms with Gasteiger partial charge in [0.1, 0.15) is 11.9 Å². The predicted octanol–water partition coefficient (Wildman–Crippen LogP) is 3.76. The van der Waals surface area contributed by atoms with Gasteiger partial charge >= 0.3 is 5.97 Å². The molecule has 0 aliphatic carbocycles. The molecule has 0 saturated heterocycles. The molecule has 0 unspecified atom stereocenters. The Morgan fingerprint density at radius 3 is 2.79 bits per heavy atom.